The number of hydrogen-bond donors (Lipinski definition) is 1. The summed E-state index contributed by atoms with van der Waals surface area (Å²) >= 11 is 2.06. The second kappa shape index (κ2) is 7.34. The Balaban J connectivity index is 2.36. The number of rotatable bonds is 5. The molecule has 1 aliphatic heterocycles. The molecule has 1 aromatic rings. The molecule has 2 atom stereocenters. The molecule has 0 aliphatic carbocycles. The van der Waals surface area contributed by atoms with E-state index >= 15 is 0 Å². The van der Waals surface area contributed by atoms with E-state index in [4.69, 9.17) is 4.98 Å². The topological polar surface area (TPSA) is 41.1 Å². The van der Waals surface area contributed by atoms with Crippen molar-refractivity contribution >= 4 is 23.4 Å². The summed E-state index contributed by atoms with van der Waals surface area (Å²) in [5, 5.41) is 4.10. The zero-order valence-corrected chi connectivity index (χ0v) is 14.8. The lowest BCUT2D eigenvalue weighted by atomic mass is 10.1. The molecule has 0 amide bonds. The van der Waals surface area contributed by atoms with Crippen LogP contribution < -0.4 is 10.2 Å². The first-order valence-electron chi connectivity index (χ1n) is 8.08. The van der Waals surface area contributed by atoms with Crippen LogP contribution in [0.1, 0.15) is 45.5 Å². The van der Waals surface area contributed by atoms with Gasteiger partial charge in [0.25, 0.3) is 0 Å². The highest BCUT2D eigenvalue weighted by molar-refractivity contribution is 8.00. The molecule has 0 bridgehead atoms. The van der Waals surface area contributed by atoms with Gasteiger partial charge in [-0.25, -0.2) is 9.97 Å². The van der Waals surface area contributed by atoms with E-state index in [2.05, 4.69) is 61.6 Å². The second-order valence-electron chi connectivity index (χ2n) is 5.73. The van der Waals surface area contributed by atoms with Crippen LogP contribution in [0.15, 0.2) is 0 Å². The van der Waals surface area contributed by atoms with Gasteiger partial charge in [-0.2, -0.15) is 11.8 Å². The summed E-state index contributed by atoms with van der Waals surface area (Å²) in [5.74, 6) is 4.25. The summed E-state index contributed by atoms with van der Waals surface area (Å²) in [6.45, 7) is 13.1. The van der Waals surface area contributed by atoms with Crippen molar-refractivity contribution in [3.63, 3.8) is 0 Å². The summed E-state index contributed by atoms with van der Waals surface area (Å²) < 4.78 is 0. The third-order valence-electron chi connectivity index (χ3n) is 4.18. The molecule has 1 fully saturated rings. The van der Waals surface area contributed by atoms with Gasteiger partial charge in [-0.1, -0.05) is 20.8 Å². The average molecular weight is 308 g/mol. The molecule has 2 heterocycles. The van der Waals surface area contributed by atoms with Gasteiger partial charge < -0.3 is 10.2 Å². The summed E-state index contributed by atoms with van der Waals surface area (Å²) in [7, 11) is 0. The predicted molar refractivity (Wildman–Crippen MR) is 93.7 cm³/mol. The van der Waals surface area contributed by atoms with Gasteiger partial charge in [0.15, 0.2) is 0 Å². The minimum atomic E-state index is 0.515. The van der Waals surface area contributed by atoms with Crippen LogP contribution in [0.25, 0.3) is 0 Å². The Bertz CT molecular complexity index is 478. The van der Waals surface area contributed by atoms with Crippen molar-refractivity contribution in [3.8, 4) is 0 Å². The molecule has 4 nitrogen and oxygen atoms in total. The Morgan fingerprint density at radius 1 is 1.29 bits per heavy atom. The number of thioether (sulfide) groups is 1. The summed E-state index contributed by atoms with van der Waals surface area (Å²) in [6, 6.07) is 0.515. The Hall–Kier alpha value is -0.970. The summed E-state index contributed by atoms with van der Waals surface area (Å²) in [4.78, 5) is 12.0. The molecular formula is C16H28N4S. The SMILES string of the molecule is CCCNc1nc(CC)nc(N2CCSC(C)C2C)c1C. The molecule has 2 unspecified atom stereocenters. The van der Waals surface area contributed by atoms with Gasteiger partial charge in [0.05, 0.1) is 0 Å². The Kier molecular flexibility index (Phi) is 5.73. The minimum absolute atomic E-state index is 0.515. The summed E-state index contributed by atoms with van der Waals surface area (Å²) in [6.07, 6.45) is 1.98. The van der Waals surface area contributed by atoms with Crippen LogP contribution >= 0.6 is 11.8 Å². The van der Waals surface area contributed by atoms with Crippen molar-refractivity contribution in [2.45, 2.75) is 58.8 Å². The first-order chi connectivity index (χ1) is 10.1. The highest BCUT2D eigenvalue weighted by Gasteiger charge is 2.28. The minimum Gasteiger partial charge on any atom is -0.370 e. The van der Waals surface area contributed by atoms with Gasteiger partial charge in [-0.3, -0.25) is 0 Å². The van der Waals surface area contributed by atoms with Crippen molar-refractivity contribution < 1.29 is 0 Å². The third-order valence-corrected chi connectivity index (χ3v) is 5.52. The van der Waals surface area contributed by atoms with Gasteiger partial charge in [0.2, 0.25) is 0 Å². The number of nitrogens with zero attached hydrogens (tertiary/aromatic N) is 3. The number of nitrogens with one attached hydrogen (secondary N) is 1. The van der Waals surface area contributed by atoms with Gasteiger partial charge in [-0.05, 0) is 20.3 Å². The molecule has 2 rings (SSSR count). The molecule has 1 saturated heterocycles. The molecule has 0 spiro atoms. The molecule has 0 saturated carbocycles. The molecule has 0 aromatic carbocycles. The van der Waals surface area contributed by atoms with E-state index in [9.17, 15) is 0 Å². The van der Waals surface area contributed by atoms with Crippen LogP contribution in [0.4, 0.5) is 11.6 Å². The quantitative estimate of drug-likeness (QED) is 0.901. The van der Waals surface area contributed by atoms with Crippen molar-refractivity contribution in [2.24, 2.45) is 0 Å². The van der Waals surface area contributed by atoms with E-state index in [0.29, 0.717) is 11.3 Å². The maximum atomic E-state index is 4.83. The van der Waals surface area contributed by atoms with Crippen LogP contribution in [0.5, 0.6) is 0 Å². The van der Waals surface area contributed by atoms with Gasteiger partial charge in [0.1, 0.15) is 17.5 Å². The normalized spacial score (nSPS) is 22.4. The first-order valence-corrected chi connectivity index (χ1v) is 9.12. The lowest BCUT2D eigenvalue weighted by Gasteiger charge is -2.39. The largest absolute Gasteiger partial charge is 0.370 e. The monoisotopic (exact) mass is 308 g/mol. The Morgan fingerprint density at radius 3 is 2.71 bits per heavy atom. The molecule has 118 valence electrons. The van der Waals surface area contributed by atoms with Crippen LogP contribution in [0.3, 0.4) is 0 Å². The Morgan fingerprint density at radius 2 is 2.05 bits per heavy atom. The predicted octanol–water partition coefficient (Wildman–Crippen LogP) is 3.50. The molecular weight excluding hydrogens is 280 g/mol. The fraction of sp³-hybridized carbons (Fsp3) is 0.750. The molecule has 1 N–H and O–H groups in total. The van der Waals surface area contributed by atoms with Crippen LogP contribution in [0.2, 0.25) is 0 Å². The van der Waals surface area contributed by atoms with Crippen molar-refractivity contribution in [1.82, 2.24) is 9.97 Å². The zero-order chi connectivity index (χ0) is 15.4. The van der Waals surface area contributed by atoms with Crippen molar-refractivity contribution in [3.05, 3.63) is 11.4 Å². The van der Waals surface area contributed by atoms with Gasteiger partial charge >= 0.3 is 0 Å². The second-order valence-corrected chi connectivity index (χ2v) is 7.21. The molecule has 5 heteroatoms. The van der Waals surface area contributed by atoms with E-state index in [1.54, 1.807) is 0 Å². The third kappa shape index (κ3) is 3.62. The molecule has 21 heavy (non-hydrogen) atoms. The van der Waals surface area contributed by atoms with E-state index in [0.717, 1.165) is 43.4 Å². The van der Waals surface area contributed by atoms with Gasteiger partial charge in [-0.15, -0.1) is 0 Å². The van der Waals surface area contributed by atoms with Gasteiger partial charge in [0, 0.05) is 42.1 Å². The van der Waals surface area contributed by atoms with Crippen LogP contribution in [-0.4, -0.2) is 40.1 Å². The van der Waals surface area contributed by atoms with E-state index in [-0.39, 0.29) is 0 Å². The molecule has 0 radical (unpaired) electrons. The number of aromatic nitrogens is 2. The highest BCUT2D eigenvalue weighted by Crippen LogP contribution is 2.32. The fourth-order valence-corrected chi connectivity index (χ4v) is 3.73. The highest BCUT2D eigenvalue weighted by atomic mass is 32.2. The molecule has 1 aromatic heterocycles. The fourth-order valence-electron chi connectivity index (χ4n) is 2.64. The maximum Gasteiger partial charge on any atom is 0.137 e. The summed E-state index contributed by atoms with van der Waals surface area (Å²) in [5.41, 5.74) is 1.19. The van der Waals surface area contributed by atoms with E-state index in [1.807, 2.05) is 0 Å². The Labute approximate surface area is 133 Å². The van der Waals surface area contributed by atoms with E-state index in [1.165, 1.54) is 11.3 Å². The standard InChI is InChI=1S/C16H28N4S/c1-6-8-17-15-11(3)16(19-14(7-2)18-15)20-9-10-21-13(5)12(20)4/h12-13H,6-10H2,1-5H3,(H,17,18,19). The van der Waals surface area contributed by atoms with E-state index < -0.39 is 0 Å². The maximum absolute atomic E-state index is 4.83. The van der Waals surface area contributed by atoms with Crippen molar-refractivity contribution in [1.29, 1.82) is 0 Å². The van der Waals surface area contributed by atoms with Crippen LogP contribution in [0, 0.1) is 6.92 Å². The zero-order valence-electron chi connectivity index (χ0n) is 13.9. The van der Waals surface area contributed by atoms with Crippen LogP contribution in [-0.2, 0) is 6.42 Å². The average Bonchev–Trinajstić information content (AvgIpc) is 2.49. The lowest BCUT2D eigenvalue weighted by molar-refractivity contribution is 0.616. The number of aryl methyl sites for hydroxylation is 1. The molecule has 1 aliphatic rings. The first kappa shape index (κ1) is 16.4. The smallest absolute Gasteiger partial charge is 0.137 e. The number of hydrogen-bond acceptors (Lipinski definition) is 5. The lowest BCUT2D eigenvalue weighted by Crippen LogP contribution is -2.45. The number of anilines is 2. The van der Waals surface area contributed by atoms with Crippen molar-refractivity contribution in [2.75, 3.05) is 29.1 Å².